The summed E-state index contributed by atoms with van der Waals surface area (Å²) < 4.78 is 5.47. The van der Waals surface area contributed by atoms with E-state index in [0.717, 1.165) is 94.0 Å². The minimum atomic E-state index is 0.189. The second-order valence-corrected chi connectivity index (χ2v) is 11.3. The van der Waals surface area contributed by atoms with Gasteiger partial charge in [-0.05, 0) is 36.6 Å². The molecule has 0 spiro atoms. The molecule has 1 aromatic carbocycles. The highest BCUT2D eigenvalue weighted by Gasteiger charge is 2.26. The predicted molar refractivity (Wildman–Crippen MR) is 166 cm³/mol. The van der Waals surface area contributed by atoms with E-state index in [1.165, 1.54) is 17.4 Å². The molecule has 1 N–H and O–H groups in total. The number of nitrogens with one attached hydrogen (secondary N) is 1. The summed E-state index contributed by atoms with van der Waals surface area (Å²) in [5.41, 5.74) is 2.18. The number of carbonyl (C=O) groups excluding carboxylic acids is 1. The molecule has 3 fully saturated rings. The zero-order chi connectivity index (χ0) is 28.7. The molecule has 222 valence electrons. The Hall–Kier alpha value is -3.68. The van der Waals surface area contributed by atoms with Crippen LogP contribution in [0.25, 0.3) is 0 Å². The van der Waals surface area contributed by atoms with E-state index in [-0.39, 0.29) is 5.91 Å². The van der Waals surface area contributed by atoms with Crippen molar-refractivity contribution >= 4 is 46.6 Å². The number of thioether (sulfide) groups is 1. The highest BCUT2D eigenvalue weighted by Crippen LogP contribution is 2.26. The lowest BCUT2D eigenvalue weighted by atomic mass is 10.2. The van der Waals surface area contributed by atoms with Gasteiger partial charge in [0, 0.05) is 95.3 Å². The first kappa shape index (κ1) is 28.4. The van der Waals surface area contributed by atoms with Gasteiger partial charge in [0.25, 0.3) is 0 Å². The van der Waals surface area contributed by atoms with E-state index >= 15 is 0 Å². The molecule has 0 unspecified atom stereocenters. The van der Waals surface area contributed by atoms with Crippen molar-refractivity contribution in [1.82, 2.24) is 29.7 Å². The molecular weight excluding hydrogens is 552 g/mol. The Labute approximate surface area is 251 Å². The quantitative estimate of drug-likeness (QED) is 0.307. The fourth-order valence-corrected chi connectivity index (χ4v) is 5.87. The van der Waals surface area contributed by atoms with Crippen LogP contribution in [0.2, 0.25) is 0 Å². The Morgan fingerprint density at radius 2 is 1.55 bits per heavy atom. The number of piperazine rings is 2. The van der Waals surface area contributed by atoms with Crippen molar-refractivity contribution in [2.45, 2.75) is 5.16 Å². The third-order valence-corrected chi connectivity index (χ3v) is 8.46. The van der Waals surface area contributed by atoms with Crippen molar-refractivity contribution in [2.75, 3.05) is 111 Å². The standard InChI is InChI=1S/C29H38N10O2S/c1-42-29-33-25(32-23-3-5-24(6-4-23)36-17-19-41-20-18-36)21-26(34-29)37-13-15-38(16-14-37)27(40)22-35-9-11-39(12-10-35)28-30-7-2-8-31-28/h2-8,21H,9-20,22H2,1H3,(H,32,33,34). The smallest absolute Gasteiger partial charge is 0.236 e. The summed E-state index contributed by atoms with van der Waals surface area (Å²) in [5, 5.41) is 4.18. The molecule has 0 bridgehead atoms. The average molecular weight is 591 g/mol. The van der Waals surface area contributed by atoms with Crippen molar-refractivity contribution in [2.24, 2.45) is 0 Å². The molecular formula is C29H38N10O2S. The number of carbonyl (C=O) groups is 1. The summed E-state index contributed by atoms with van der Waals surface area (Å²) in [4.78, 5) is 42.3. The van der Waals surface area contributed by atoms with Crippen molar-refractivity contribution in [3.05, 3.63) is 48.8 Å². The van der Waals surface area contributed by atoms with Crippen LogP contribution in [-0.2, 0) is 9.53 Å². The van der Waals surface area contributed by atoms with Crippen molar-refractivity contribution in [3.63, 3.8) is 0 Å². The minimum absolute atomic E-state index is 0.189. The van der Waals surface area contributed by atoms with Crippen LogP contribution < -0.4 is 20.0 Å². The topological polar surface area (TPSA) is 106 Å². The van der Waals surface area contributed by atoms with Gasteiger partial charge >= 0.3 is 0 Å². The lowest BCUT2D eigenvalue weighted by Crippen LogP contribution is -2.54. The Balaban J connectivity index is 1.01. The molecule has 0 radical (unpaired) electrons. The zero-order valence-corrected chi connectivity index (χ0v) is 24.9. The summed E-state index contributed by atoms with van der Waals surface area (Å²) in [7, 11) is 0. The molecule has 0 saturated carbocycles. The normalized spacial score (nSPS) is 18.3. The number of hydrogen-bond acceptors (Lipinski definition) is 12. The third kappa shape index (κ3) is 7.02. The van der Waals surface area contributed by atoms with Crippen LogP contribution in [0.5, 0.6) is 0 Å². The molecule has 3 aliphatic rings. The fourth-order valence-electron chi connectivity index (χ4n) is 5.49. The van der Waals surface area contributed by atoms with Gasteiger partial charge in [-0.25, -0.2) is 19.9 Å². The average Bonchev–Trinajstić information content (AvgIpc) is 3.06. The maximum atomic E-state index is 13.1. The number of benzene rings is 1. The van der Waals surface area contributed by atoms with Gasteiger partial charge in [-0.2, -0.15) is 0 Å². The molecule has 0 aliphatic carbocycles. The summed E-state index contributed by atoms with van der Waals surface area (Å²) in [6.07, 6.45) is 5.52. The van der Waals surface area contributed by atoms with E-state index in [0.29, 0.717) is 19.6 Å². The second kappa shape index (κ2) is 13.5. The van der Waals surface area contributed by atoms with Gasteiger partial charge in [0.2, 0.25) is 11.9 Å². The van der Waals surface area contributed by atoms with E-state index in [4.69, 9.17) is 14.7 Å². The number of ether oxygens (including phenoxy) is 1. The molecule has 2 aromatic heterocycles. The van der Waals surface area contributed by atoms with E-state index < -0.39 is 0 Å². The highest BCUT2D eigenvalue weighted by atomic mass is 32.2. The molecule has 12 nitrogen and oxygen atoms in total. The lowest BCUT2D eigenvalue weighted by molar-refractivity contribution is -0.132. The molecule has 3 saturated heterocycles. The van der Waals surface area contributed by atoms with E-state index in [2.05, 4.69) is 59.1 Å². The van der Waals surface area contributed by atoms with Gasteiger partial charge in [0.1, 0.15) is 11.6 Å². The summed E-state index contributed by atoms with van der Waals surface area (Å²) >= 11 is 1.53. The predicted octanol–water partition coefficient (Wildman–Crippen LogP) is 2.04. The lowest BCUT2D eigenvalue weighted by Gasteiger charge is -2.38. The van der Waals surface area contributed by atoms with E-state index in [1.807, 2.05) is 23.3 Å². The number of rotatable bonds is 8. The largest absolute Gasteiger partial charge is 0.378 e. The molecule has 42 heavy (non-hydrogen) atoms. The van der Waals surface area contributed by atoms with Crippen LogP contribution in [0.4, 0.5) is 29.0 Å². The van der Waals surface area contributed by atoms with Crippen LogP contribution in [0.15, 0.2) is 53.9 Å². The Morgan fingerprint density at radius 3 is 2.24 bits per heavy atom. The molecule has 1 amide bonds. The maximum absolute atomic E-state index is 13.1. The number of amides is 1. The highest BCUT2D eigenvalue weighted by molar-refractivity contribution is 7.98. The minimum Gasteiger partial charge on any atom is -0.378 e. The monoisotopic (exact) mass is 590 g/mol. The summed E-state index contributed by atoms with van der Waals surface area (Å²) in [5.74, 6) is 2.60. The zero-order valence-electron chi connectivity index (χ0n) is 24.1. The SMILES string of the molecule is CSc1nc(Nc2ccc(N3CCOCC3)cc2)cc(N2CCN(C(=O)CN3CCN(c4ncccn4)CC3)CC2)n1. The van der Waals surface area contributed by atoms with Crippen LogP contribution in [0, 0.1) is 0 Å². The molecule has 5 heterocycles. The molecule has 0 atom stereocenters. The van der Waals surface area contributed by atoms with E-state index in [9.17, 15) is 4.79 Å². The summed E-state index contributed by atoms with van der Waals surface area (Å²) in [6, 6.07) is 12.3. The van der Waals surface area contributed by atoms with Gasteiger partial charge < -0.3 is 29.7 Å². The van der Waals surface area contributed by atoms with Crippen molar-refractivity contribution in [3.8, 4) is 0 Å². The number of nitrogens with zero attached hydrogens (tertiary/aromatic N) is 9. The third-order valence-electron chi connectivity index (χ3n) is 7.91. The molecule has 3 aromatic rings. The molecule has 13 heteroatoms. The van der Waals surface area contributed by atoms with E-state index in [1.54, 1.807) is 12.4 Å². The number of aromatic nitrogens is 4. The van der Waals surface area contributed by atoms with Gasteiger partial charge in [0.05, 0.1) is 19.8 Å². The first-order valence-electron chi connectivity index (χ1n) is 14.5. The van der Waals surface area contributed by atoms with Crippen LogP contribution in [0.1, 0.15) is 0 Å². The number of morpholine rings is 1. The number of hydrogen-bond donors (Lipinski definition) is 1. The van der Waals surface area contributed by atoms with Crippen molar-refractivity contribution in [1.29, 1.82) is 0 Å². The second-order valence-electron chi connectivity index (χ2n) is 10.5. The van der Waals surface area contributed by atoms with Gasteiger partial charge in [-0.1, -0.05) is 11.8 Å². The molecule has 6 rings (SSSR count). The Bertz CT molecular complexity index is 1310. The Morgan fingerprint density at radius 1 is 0.857 bits per heavy atom. The van der Waals surface area contributed by atoms with Gasteiger partial charge in [0.15, 0.2) is 5.16 Å². The van der Waals surface area contributed by atoms with Crippen molar-refractivity contribution < 1.29 is 9.53 Å². The number of anilines is 5. The van der Waals surface area contributed by atoms with Crippen LogP contribution >= 0.6 is 11.8 Å². The van der Waals surface area contributed by atoms with Gasteiger partial charge in [-0.3, -0.25) is 9.69 Å². The van der Waals surface area contributed by atoms with Crippen LogP contribution in [0.3, 0.4) is 0 Å². The maximum Gasteiger partial charge on any atom is 0.236 e. The Kier molecular flexibility index (Phi) is 9.16. The van der Waals surface area contributed by atoms with Gasteiger partial charge in [-0.15, -0.1) is 0 Å². The van der Waals surface area contributed by atoms with Crippen LogP contribution in [-0.4, -0.2) is 127 Å². The first-order valence-corrected chi connectivity index (χ1v) is 15.8. The fraction of sp³-hybridized carbons (Fsp3) is 0.483. The summed E-state index contributed by atoms with van der Waals surface area (Å²) in [6.45, 7) is 9.97. The first-order chi connectivity index (χ1) is 20.6. The molecule has 3 aliphatic heterocycles.